The molecular formula is C28H34F3N3O3. The van der Waals surface area contributed by atoms with Crippen LogP contribution in [0.3, 0.4) is 0 Å². The Kier molecular flexibility index (Phi) is 8.11. The first-order valence-corrected chi connectivity index (χ1v) is 12.8. The molecule has 2 N–H and O–H groups in total. The Morgan fingerprint density at radius 3 is 2.38 bits per heavy atom. The van der Waals surface area contributed by atoms with E-state index in [0.717, 1.165) is 32.0 Å². The molecule has 0 aromatic heterocycles. The second kappa shape index (κ2) is 11.1. The number of primary amides is 1. The molecular weight excluding hydrogens is 483 g/mol. The number of nitrogens with zero attached hydrogens (tertiary/aromatic N) is 2. The third kappa shape index (κ3) is 6.63. The molecule has 9 heteroatoms. The number of hydrogen-bond donors (Lipinski definition) is 1. The molecule has 4 rings (SSSR count). The molecule has 2 saturated heterocycles. The van der Waals surface area contributed by atoms with Gasteiger partial charge in [-0.3, -0.25) is 9.59 Å². The highest BCUT2D eigenvalue weighted by molar-refractivity contribution is 5.98. The number of benzene rings is 2. The van der Waals surface area contributed by atoms with E-state index in [9.17, 15) is 22.8 Å². The van der Waals surface area contributed by atoms with Gasteiger partial charge >= 0.3 is 0 Å². The van der Waals surface area contributed by atoms with Crippen LogP contribution in [0.4, 0.5) is 13.2 Å². The summed E-state index contributed by atoms with van der Waals surface area (Å²) >= 11 is 0. The van der Waals surface area contributed by atoms with Crippen molar-refractivity contribution in [1.29, 1.82) is 0 Å². The summed E-state index contributed by atoms with van der Waals surface area (Å²) in [5.41, 5.74) is 4.44. The molecule has 0 radical (unpaired) electrons. The van der Waals surface area contributed by atoms with Gasteiger partial charge < -0.3 is 20.3 Å². The van der Waals surface area contributed by atoms with Crippen LogP contribution in [0.15, 0.2) is 36.4 Å². The largest absolute Gasteiger partial charge is 0.493 e. The lowest BCUT2D eigenvalue weighted by Crippen LogP contribution is -2.43. The third-order valence-electron chi connectivity index (χ3n) is 7.09. The molecule has 2 fully saturated rings. The minimum atomic E-state index is -1.22. The lowest BCUT2D eigenvalue weighted by atomic mass is 9.97. The van der Waals surface area contributed by atoms with Gasteiger partial charge in [-0.05, 0) is 88.4 Å². The predicted molar refractivity (Wildman–Crippen MR) is 135 cm³/mol. The van der Waals surface area contributed by atoms with Crippen LogP contribution in [0.1, 0.15) is 49.9 Å². The molecule has 1 unspecified atom stereocenters. The first-order chi connectivity index (χ1) is 17.5. The fraction of sp³-hybridized carbons (Fsp3) is 0.500. The van der Waals surface area contributed by atoms with Gasteiger partial charge in [-0.25, -0.2) is 13.2 Å². The van der Waals surface area contributed by atoms with Crippen molar-refractivity contribution in [2.24, 2.45) is 11.7 Å². The van der Waals surface area contributed by atoms with Gasteiger partial charge in [0.15, 0.2) is 0 Å². The Bertz CT molecular complexity index is 1140. The maximum absolute atomic E-state index is 14.9. The van der Waals surface area contributed by atoms with Crippen molar-refractivity contribution in [3.63, 3.8) is 0 Å². The van der Waals surface area contributed by atoms with Crippen molar-refractivity contribution < 1.29 is 27.5 Å². The summed E-state index contributed by atoms with van der Waals surface area (Å²) in [7, 11) is 0. The molecule has 0 saturated carbocycles. The first-order valence-electron chi connectivity index (χ1n) is 12.8. The summed E-state index contributed by atoms with van der Waals surface area (Å²) in [5.74, 6) is -1.88. The Balaban J connectivity index is 1.37. The smallest absolute Gasteiger partial charge is 0.257 e. The standard InChI is InChI=1S/C28H34F3N3O3/c1-28(2,31)17-33-12-9-18(10-13-33)16-37-20-6-8-21(24(30)15-20)19-5-7-22(23(29)14-19)27(36)34-11-3-4-25(34)26(32)35/h5-8,14-15,18,25H,3-4,9-13,16-17H2,1-2H3,(H2,32,35). The average Bonchev–Trinajstić information content (AvgIpc) is 3.33. The van der Waals surface area contributed by atoms with E-state index in [1.165, 1.54) is 29.2 Å². The molecule has 2 heterocycles. The van der Waals surface area contributed by atoms with Gasteiger partial charge in [0.25, 0.3) is 5.91 Å². The van der Waals surface area contributed by atoms with E-state index in [-0.39, 0.29) is 16.7 Å². The second-order valence-electron chi connectivity index (χ2n) is 10.6. The first kappa shape index (κ1) is 27.0. The molecule has 0 bridgehead atoms. The van der Waals surface area contributed by atoms with Crippen LogP contribution in [-0.4, -0.2) is 66.1 Å². The van der Waals surface area contributed by atoms with Crippen LogP contribution in [-0.2, 0) is 4.79 Å². The Morgan fingerprint density at radius 1 is 1.03 bits per heavy atom. The fourth-order valence-corrected chi connectivity index (χ4v) is 5.19. The molecule has 2 amide bonds. The summed E-state index contributed by atoms with van der Waals surface area (Å²) in [6.07, 6.45) is 2.85. The summed E-state index contributed by atoms with van der Waals surface area (Å²) in [6, 6.07) is 7.60. The Morgan fingerprint density at radius 2 is 1.76 bits per heavy atom. The van der Waals surface area contributed by atoms with E-state index in [2.05, 4.69) is 4.90 Å². The van der Waals surface area contributed by atoms with Crippen LogP contribution >= 0.6 is 0 Å². The van der Waals surface area contributed by atoms with E-state index in [4.69, 9.17) is 10.5 Å². The molecule has 2 aromatic carbocycles. The molecule has 2 aliphatic rings. The lowest BCUT2D eigenvalue weighted by Gasteiger charge is -2.34. The number of halogens is 3. The van der Waals surface area contributed by atoms with Crippen LogP contribution in [0, 0.1) is 17.6 Å². The molecule has 6 nitrogen and oxygen atoms in total. The minimum Gasteiger partial charge on any atom is -0.493 e. The molecule has 0 aliphatic carbocycles. The number of likely N-dealkylation sites (tertiary alicyclic amines) is 2. The van der Waals surface area contributed by atoms with Crippen LogP contribution in [0.2, 0.25) is 0 Å². The summed E-state index contributed by atoms with van der Waals surface area (Å²) in [5, 5.41) is 0. The second-order valence-corrected chi connectivity index (χ2v) is 10.6. The minimum absolute atomic E-state index is 0.182. The maximum Gasteiger partial charge on any atom is 0.257 e. The van der Waals surface area contributed by atoms with Crippen LogP contribution < -0.4 is 10.5 Å². The van der Waals surface area contributed by atoms with Gasteiger partial charge in [0.05, 0.1) is 12.2 Å². The van der Waals surface area contributed by atoms with E-state index >= 15 is 0 Å². The molecule has 1 atom stereocenters. The van der Waals surface area contributed by atoms with Crippen molar-refractivity contribution >= 4 is 11.8 Å². The summed E-state index contributed by atoms with van der Waals surface area (Å²) < 4.78 is 49.5. The lowest BCUT2D eigenvalue weighted by molar-refractivity contribution is -0.121. The Labute approximate surface area is 215 Å². The normalized spacial score (nSPS) is 19.3. The molecule has 37 heavy (non-hydrogen) atoms. The third-order valence-corrected chi connectivity index (χ3v) is 7.09. The monoisotopic (exact) mass is 517 g/mol. The van der Waals surface area contributed by atoms with E-state index in [1.807, 2.05) is 0 Å². The van der Waals surface area contributed by atoms with Gasteiger partial charge in [-0.2, -0.15) is 0 Å². The van der Waals surface area contributed by atoms with Crippen molar-refractivity contribution in [3.8, 4) is 16.9 Å². The quantitative estimate of drug-likeness (QED) is 0.557. The van der Waals surface area contributed by atoms with Crippen molar-refractivity contribution in [1.82, 2.24) is 9.80 Å². The van der Waals surface area contributed by atoms with Gasteiger partial charge in [0, 0.05) is 24.7 Å². The zero-order valence-corrected chi connectivity index (χ0v) is 21.3. The Hall–Kier alpha value is -3.07. The van der Waals surface area contributed by atoms with Crippen LogP contribution in [0.5, 0.6) is 5.75 Å². The van der Waals surface area contributed by atoms with Crippen LogP contribution in [0.25, 0.3) is 11.1 Å². The van der Waals surface area contributed by atoms with E-state index < -0.39 is 35.2 Å². The highest BCUT2D eigenvalue weighted by atomic mass is 19.1. The number of rotatable bonds is 8. The number of alkyl halides is 1. The van der Waals surface area contributed by atoms with E-state index in [1.54, 1.807) is 19.9 Å². The zero-order chi connectivity index (χ0) is 26.7. The molecule has 2 aliphatic heterocycles. The number of nitrogens with two attached hydrogens (primary N) is 1. The summed E-state index contributed by atoms with van der Waals surface area (Å²) in [6.45, 7) is 5.96. The van der Waals surface area contributed by atoms with Gasteiger partial charge in [-0.1, -0.05) is 6.07 Å². The van der Waals surface area contributed by atoms with Crippen molar-refractivity contribution in [3.05, 3.63) is 53.6 Å². The predicted octanol–water partition coefficient (Wildman–Crippen LogP) is 4.56. The number of amides is 2. The highest BCUT2D eigenvalue weighted by Gasteiger charge is 2.34. The topological polar surface area (TPSA) is 75.9 Å². The number of carbonyl (C=O) groups excluding carboxylic acids is 2. The molecule has 200 valence electrons. The summed E-state index contributed by atoms with van der Waals surface area (Å²) in [4.78, 5) is 27.8. The number of ether oxygens (including phenoxy) is 1. The van der Waals surface area contributed by atoms with Gasteiger partial charge in [0.1, 0.15) is 29.1 Å². The van der Waals surface area contributed by atoms with E-state index in [0.29, 0.717) is 44.2 Å². The molecule has 0 spiro atoms. The van der Waals surface area contributed by atoms with Gasteiger partial charge in [-0.15, -0.1) is 0 Å². The maximum atomic E-state index is 14.9. The fourth-order valence-electron chi connectivity index (χ4n) is 5.19. The number of hydrogen-bond acceptors (Lipinski definition) is 4. The average molecular weight is 518 g/mol. The molecule has 2 aromatic rings. The van der Waals surface area contributed by atoms with Crippen molar-refractivity contribution in [2.45, 2.75) is 51.2 Å². The number of carbonyl (C=O) groups is 2. The zero-order valence-electron chi connectivity index (χ0n) is 21.3. The SMILES string of the molecule is CC(C)(F)CN1CCC(COc2ccc(-c3ccc(C(=O)N4CCCC4C(N)=O)c(F)c3)c(F)c2)CC1. The number of piperidine rings is 1. The van der Waals surface area contributed by atoms with Crippen molar-refractivity contribution in [2.75, 3.05) is 32.8 Å². The van der Waals surface area contributed by atoms with Gasteiger partial charge in [0.2, 0.25) is 5.91 Å². The highest BCUT2D eigenvalue weighted by Crippen LogP contribution is 2.30.